The van der Waals surface area contributed by atoms with Gasteiger partial charge in [-0.2, -0.15) is 0 Å². The molecule has 2 N–H and O–H groups in total. The number of carbonyl (C=O) groups excluding carboxylic acids is 1. The molecule has 1 aliphatic heterocycles. The lowest BCUT2D eigenvalue weighted by molar-refractivity contribution is 0.0777. The third-order valence-electron chi connectivity index (χ3n) is 4.23. The van der Waals surface area contributed by atoms with E-state index in [4.69, 9.17) is 27.9 Å². The third kappa shape index (κ3) is 5.30. The molecule has 1 fully saturated rings. The summed E-state index contributed by atoms with van der Waals surface area (Å²) in [6.45, 7) is 1.97. The molecule has 1 saturated heterocycles. The average Bonchev–Trinajstić information content (AvgIpc) is 2.65. The number of rotatable bonds is 5. The van der Waals surface area contributed by atoms with Crippen LogP contribution in [0.15, 0.2) is 53.4 Å². The second-order valence-corrected chi connectivity index (χ2v) is 8.50. The first kappa shape index (κ1) is 19.4. The number of amides is 2. The predicted octanol–water partition coefficient (Wildman–Crippen LogP) is 5.46. The molecule has 1 heterocycles. The lowest BCUT2D eigenvalue weighted by Gasteiger charge is -2.36. The minimum Gasteiger partial charge on any atom is -0.381 e. The van der Waals surface area contributed by atoms with Gasteiger partial charge in [0, 0.05) is 35.1 Å². The summed E-state index contributed by atoms with van der Waals surface area (Å²) in [5.74, 6) is 0. The lowest BCUT2D eigenvalue weighted by atomic mass is 9.99. The van der Waals surface area contributed by atoms with Crippen molar-refractivity contribution in [3.8, 4) is 0 Å². The standard InChI is InChI=1S/C19H20Cl2N2O2S/c20-16-7-6-14(12-17(16)21)23-18(24)22-13-19(8-10-25-11-9-19)26-15-4-2-1-3-5-15/h1-7,12H,8-11,13H2,(H2,22,23,24). The molecule has 0 atom stereocenters. The first-order chi connectivity index (χ1) is 12.6. The van der Waals surface area contributed by atoms with Gasteiger partial charge in [-0.15, -0.1) is 11.8 Å². The Morgan fingerprint density at radius 1 is 1.08 bits per heavy atom. The van der Waals surface area contributed by atoms with E-state index in [0.717, 1.165) is 12.8 Å². The van der Waals surface area contributed by atoms with Gasteiger partial charge in [-0.25, -0.2) is 4.79 Å². The second-order valence-electron chi connectivity index (χ2n) is 6.15. The van der Waals surface area contributed by atoms with Gasteiger partial charge in [0.25, 0.3) is 0 Å². The molecule has 0 aromatic heterocycles. The Balaban J connectivity index is 1.61. The Bertz CT molecular complexity index is 752. The van der Waals surface area contributed by atoms with Crippen molar-refractivity contribution in [2.45, 2.75) is 22.5 Å². The molecule has 3 rings (SSSR count). The smallest absolute Gasteiger partial charge is 0.319 e. The fourth-order valence-electron chi connectivity index (χ4n) is 2.79. The molecule has 2 aromatic carbocycles. The summed E-state index contributed by atoms with van der Waals surface area (Å²) < 4.78 is 5.45. The number of hydrogen-bond donors (Lipinski definition) is 2. The summed E-state index contributed by atoms with van der Waals surface area (Å²) in [5.41, 5.74) is 0.605. The van der Waals surface area contributed by atoms with Gasteiger partial charge in [-0.1, -0.05) is 41.4 Å². The van der Waals surface area contributed by atoms with Gasteiger partial charge in [0.05, 0.1) is 10.0 Å². The van der Waals surface area contributed by atoms with Crippen molar-refractivity contribution in [2.24, 2.45) is 0 Å². The van der Waals surface area contributed by atoms with Crippen LogP contribution in [-0.2, 0) is 4.74 Å². The van der Waals surface area contributed by atoms with E-state index in [-0.39, 0.29) is 10.8 Å². The number of halogens is 2. The number of nitrogens with one attached hydrogen (secondary N) is 2. The molecule has 2 amide bonds. The Kier molecular flexibility index (Phi) is 6.70. The molecule has 0 bridgehead atoms. The van der Waals surface area contributed by atoms with E-state index in [0.29, 0.717) is 35.5 Å². The molecule has 0 aliphatic carbocycles. The quantitative estimate of drug-likeness (QED) is 0.687. The minimum atomic E-state index is -0.261. The largest absolute Gasteiger partial charge is 0.381 e. The Morgan fingerprint density at radius 3 is 2.50 bits per heavy atom. The van der Waals surface area contributed by atoms with Gasteiger partial charge in [0.2, 0.25) is 0 Å². The van der Waals surface area contributed by atoms with Crippen LogP contribution in [0.2, 0.25) is 10.0 Å². The van der Waals surface area contributed by atoms with Gasteiger partial charge >= 0.3 is 6.03 Å². The molecular formula is C19H20Cl2N2O2S. The predicted molar refractivity (Wildman–Crippen MR) is 109 cm³/mol. The molecule has 0 unspecified atom stereocenters. The van der Waals surface area contributed by atoms with Crippen molar-refractivity contribution in [3.05, 3.63) is 58.6 Å². The van der Waals surface area contributed by atoms with E-state index in [1.807, 2.05) is 18.2 Å². The zero-order valence-corrected chi connectivity index (χ0v) is 16.5. The summed E-state index contributed by atoms with van der Waals surface area (Å²) >= 11 is 13.7. The molecule has 138 valence electrons. The zero-order chi connectivity index (χ0) is 18.4. The van der Waals surface area contributed by atoms with Crippen molar-refractivity contribution in [3.63, 3.8) is 0 Å². The van der Waals surface area contributed by atoms with E-state index < -0.39 is 0 Å². The Labute approximate surface area is 167 Å². The molecule has 7 heteroatoms. The molecule has 0 spiro atoms. The normalized spacial score (nSPS) is 16.1. The maximum absolute atomic E-state index is 12.3. The van der Waals surface area contributed by atoms with Crippen LogP contribution in [0.3, 0.4) is 0 Å². The van der Waals surface area contributed by atoms with Crippen LogP contribution in [0.5, 0.6) is 0 Å². The molecule has 2 aromatic rings. The van der Waals surface area contributed by atoms with E-state index in [9.17, 15) is 4.79 Å². The summed E-state index contributed by atoms with van der Waals surface area (Å²) in [6.07, 6.45) is 1.78. The monoisotopic (exact) mass is 410 g/mol. The number of anilines is 1. The number of benzene rings is 2. The minimum absolute atomic E-state index is 0.0748. The topological polar surface area (TPSA) is 50.4 Å². The van der Waals surface area contributed by atoms with E-state index in [1.165, 1.54) is 4.90 Å². The third-order valence-corrected chi connectivity index (χ3v) is 6.46. The SMILES string of the molecule is O=C(NCC1(Sc2ccccc2)CCOCC1)Nc1ccc(Cl)c(Cl)c1. The first-order valence-electron chi connectivity index (χ1n) is 8.38. The van der Waals surface area contributed by atoms with Crippen LogP contribution in [0.4, 0.5) is 10.5 Å². The van der Waals surface area contributed by atoms with Gasteiger partial charge in [-0.3, -0.25) is 0 Å². The number of thioether (sulfide) groups is 1. The molecule has 0 saturated carbocycles. The number of carbonyl (C=O) groups is 1. The van der Waals surface area contributed by atoms with Crippen LogP contribution in [-0.4, -0.2) is 30.5 Å². The summed E-state index contributed by atoms with van der Waals surface area (Å²) in [7, 11) is 0. The van der Waals surface area contributed by atoms with Gasteiger partial charge < -0.3 is 15.4 Å². The van der Waals surface area contributed by atoms with E-state index >= 15 is 0 Å². The molecule has 4 nitrogen and oxygen atoms in total. The second kappa shape index (κ2) is 9.00. The van der Waals surface area contributed by atoms with Gasteiger partial charge in [0.15, 0.2) is 0 Å². The highest BCUT2D eigenvalue weighted by Gasteiger charge is 2.34. The Hall–Kier alpha value is -1.40. The highest BCUT2D eigenvalue weighted by molar-refractivity contribution is 8.00. The van der Waals surface area contributed by atoms with Crippen LogP contribution in [0.1, 0.15) is 12.8 Å². The van der Waals surface area contributed by atoms with Crippen molar-refractivity contribution in [1.29, 1.82) is 0 Å². The maximum atomic E-state index is 12.3. The van der Waals surface area contributed by atoms with Crippen molar-refractivity contribution < 1.29 is 9.53 Å². The van der Waals surface area contributed by atoms with E-state index in [2.05, 4.69) is 22.8 Å². The van der Waals surface area contributed by atoms with Crippen LogP contribution < -0.4 is 10.6 Å². The fourth-order valence-corrected chi connectivity index (χ4v) is 4.39. The van der Waals surface area contributed by atoms with Crippen LogP contribution in [0.25, 0.3) is 0 Å². The number of hydrogen-bond acceptors (Lipinski definition) is 3. The molecule has 26 heavy (non-hydrogen) atoms. The molecular weight excluding hydrogens is 391 g/mol. The van der Waals surface area contributed by atoms with E-state index in [1.54, 1.807) is 30.0 Å². The van der Waals surface area contributed by atoms with Crippen molar-refractivity contribution in [2.75, 3.05) is 25.1 Å². The highest BCUT2D eigenvalue weighted by Crippen LogP contribution is 2.40. The van der Waals surface area contributed by atoms with Crippen LogP contribution in [0, 0.1) is 0 Å². The first-order valence-corrected chi connectivity index (χ1v) is 9.95. The van der Waals surface area contributed by atoms with Crippen LogP contribution >= 0.6 is 35.0 Å². The average molecular weight is 411 g/mol. The zero-order valence-electron chi connectivity index (χ0n) is 14.1. The fraction of sp³-hybridized carbons (Fsp3) is 0.316. The summed E-state index contributed by atoms with van der Waals surface area (Å²) in [6, 6.07) is 15.0. The van der Waals surface area contributed by atoms with Crippen molar-refractivity contribution >= 4 is 46.7 Å². The highest BCUT2D eigenvalue weighted by atomic mass is 35.5. The summed E-state index contributed by atoms with van der Waals surface area (Å²) in [5, 5.41) is 6.65. The molecule has 1 aliphatic rings. The molecule has 0 radical (unpaired) electrons. The Morgan fingerprint density at radius 2 is 1.81 bits per heavy atom. The van der Waals surface area contributed by atoms with Crippen molar-refractivity contribution in [1.82, 2.24) is 5.32 Å². The number of ether oxygens (including phenoxy) is 1. The van der Waals surface area contributed by atoms with Gasteiger partial charge in [-0.05, 0) is 43.2 Å². The summed E-state index contributed by atoms with van der Waals surface area (Å²) in [4.78, 5) is 13.5. The maximum Gasteiger partial charge on any atom is 0.319 e. The van der Waals surface area contributed by atoms with Gasteiger partial charge in [0.1, 0.15) is 0 Å². The number of urea groups is 1. The lowest BCUT2D eigenvalue weighted by Crippen LogP contribution is -2.45.